The van der Waals surface area contributed by atoms with Gasteiger partial charge in [-0.05, 0) is 36.1 Å². The lowest BCUT2D eigenvalue weighted by Gasteiger charge is -2.35. The van der Waals surface area contributed by atoms with Crippen LogP contribution in [0.3, 0.4) is 0 Å². The number of rotatable bonds is 6. The van der Waals surface area contributed by atoms with Crippen molar-refractivity contribution in [3.8, 4) is 0 Å². The zero-order chi connectivity index (χ0) is 12.8. The SMILES string of the molecule is CCNCc1nnnn1CC1(SC)CCCCC1. The van der Waals surface area contributed by atoms with Gasteiger partial charge in [-0.15, -0.1) is 5.10 Å². The van der Waals surface area contributed by atoms with Crippen molar-refractivity contribution >= 4 is 11.8 Å². The largest absolute Gasteiger partial charge is 0.310 e. The van der Waals surface area contributed by atoms with Gasteiger partial charge in [0.2, 0.25) is 0 Å². The Balaban J connectivity index is 2.04. The third kappa shape index (κ3) is 3.23. The average Bonchev–Trinajstić information content (AvgIpc) is 2.84. The molecule has 0 aliphatic heterocycles. The summed E-state index contributed by atoms with van der Waals surface area (Å²) in [6.07, 6.45) is 8.85. The summed E-state index contributed by atoms with van der Waals surface area (Å²) in [6, 6.07) is 0. The first-order valence-electron chi connectivity index (χ1n) is 6.80. The summed E-state index contributed by atoms with van der Waals surface area (Å²) in [7, 11) is 0. The summed E-state index contributed by atoms with van der Waals surface area (Å²) >= 11 is 1.99. The molecule has 5 nitrogen and oxygen atoms in total. The fraction of sp³-hybridized carbons (Fsp3) is 0.917. The molecule has 1 aromatic rings. The fourth-order valence-electron chi connectivity index (χ4n) is 2.61. The molecule has 0 spiro atoms. The molecule has 1 aliphatic rings. The Morgan fingerprint density at radius 3 is 2.78 bits per heavy atom. The summed E-state index contributed by atoms with van der Waals surface area (Å²) in [5.74, 6) is 0.954. The number of nitrogens with one attached hydrogen (secondary N) is 1. The van der Waals surface area contributed by atoms with E-state index in [0.717, 1.165) is 25.5 Å². The van der Waals surface area contributed by atoms with Crippen molar-refractivity contribution in [1.29, 1.82) is 0 Å². The van der Waals surface area contributed by atoms with E-state index in [1.54, 1.807) is 0 Å². The Kier molecular flexibility index (Phi) is 5.00. The molecule has 0 bridgehead atoms. The van der Waals surface area contributed by atoms with E-state index < -0.39 is 0 Å². The number of aromatic nitrogens is 4. The lowest BCUT2D eigenvalue weighted by Crippen LogP contribution is -2.34. The highest BCUT2D eigenvalue weighted by molar-refractivity contribution is 8.00. The minimum atomic E-state index is 0.342. The average molecular weight is 269 g/mol. The van der Waals surface area contributed by atoms with Crippen LogP contribution in [0.25, 0.3) is 0 Å². The molecule has 1 fully saturated rings. The number of nitrogens with zero attached hydrogens (tertiary/aromatic N) is 4. The zero-order valence-corrected chi connectivity index (χ0v) is 12.2. The first kappa shape index (κ1) is 13.8. The Bertz CT molecular complexity index is 359. The summed E-state index contributed by atoms with van der Waals surface area (Å²) in [4.78, 5) is 0. The van der Waals surface area contributed by atoms with E-state index >= 15 is 0 Å². The Morgan fingerprint density at radius 1 is 1.33 bits per heavy atom. The van der Waals surface area contributed by atoms with Crippen LogP contribution in [0.2, 0.25) is 0 Å². The molecule has 0 amide bonds. The van der Waals surface area contributed by atoms with Crippen LogP contribution in [0.5, 0.6) is 0 Å². The molecule has 0 atom stereocenters. The minimum absolute atomic E-state index is 0.342. The molecule has 2 rings (SSSR count). The monoisotopic (exact) mass is 269 g/mol. The van der Waals surface area contributed by atoms with Crippen LogP contribution in [0, 0.1) is 0 Å². The number of thioether (sulfide) groups is 1. The van der Waals surface area contributed by atoms with Gasteiger partial charge in [0, 0.05) is 4.75 Å². The quantitative estimate of drug-likeness (QED) is 0.854. The maximum atomic E-state index is 4.16. The number of tetrazole rings is 1. The molecule has 1 aromatic heterocycles. The minimum Gasteiger partial charge on any atom is -0.310 e. The standard InChI is InChI=1S/C12H23N5S/c1-3-13-9-11-14-15-16-17(11)10-12(18-2)7-5-4-6-8-12/h13H,3-10H2,1-2H3. The van der Waals surface area contributed by atoms with Gasteiger partial charge in [0.15, 0.2) is 5.82 Å². The van der Waals surface area contributed by atoms with Crippen LogP contribution in [-0.2, 0) is 13.1 Å². The van der Waals surface area contributed by atoms with Crippen LogP contribution in [0.1, 0.15) is 44.9 Å². The van der Waals surface area contributed by atoms with Gasteiger partial charge in [0.1, 0.15) is 0 Å². The van der Waals surface area contributed by atoms with Gasteiger partial charge >= 0.3 is 0 Å². The molecule has 0 aromatic carbocycles. The maximum Gasteiger partial charge on any atom is 0.165 e. The second kappa shape index (κ2) is 6.52. The molecule has 1 heterocycles. The summed E-state index contributed by atoms with van der Waals surface area (Å²) in [6.45, 7) is 4.75. The van der Waals surface area contributed by atoms with Crippen LogP contribution < -0.4 is 5.32 Å². The highest BCUT2D eigenvalue weighted by atomic mass is 32.2. The molecule has 1 saturated carbocycles. The van der Waals surface area contributed by atoms with Crippen LogP contribution in [-0.4, -0.2) is 37.8 Å². The van der Waals surface area contributed by atoms with Crippen molar-refractivity contribution in [2.24, 2.45) is 0 Å². The van der Waals surface area contributed by atoms with E-state index in [9.17, 15) is 0 Å². The van der Waals surface area contributed by atoms with Gasteiger partial charge < -0.3 is 5.32 Å². The predicted molar refractivity (Wildman–Crippen MR) is 74.5 cm³/mol. The Morgan fingerprint density at radius 2 is 2.11 bits per heavy atom. The van der Waals surface area contributed by atoms with E-state index in [0.29, 0.717) is 4.75 Å². The fourth-order valence-corrected chi connectivity index (χ4v) is 3.55. The zero-order valence-electron chi connectivity index (χ0n) is 11.4. The second-order valence-electron chi connectivity index (χ2n) is 4.98. The molecular weight excluding hydrogens is 246 g/mol. The van der Waals surface area contributed by atoms with E-state index in [2.05, 4.69) is 34.0 Å². The van der Waals surface area contributed by atoms with Crippen molar-refractivity contribution in [3.63, 3.8) is 0 Å². The van der Waals surface area contributed by atoms with E-state index in [1.807, 2.05) is 16.4 Å². The van der Waals surface area contributed by atoms with Gasteiger partial charge in [0.25, 0.3) is 0 Å². The highest BCUT2D eigenvalue weighted by Gasteiger charge is 2.32. The van der Waals surface area contributed by atoms with Crippen molar-refractivity contribution in [1.82, 2.24) is 25.5 Å². The Hall–Kier alpha value is -0.620. The van der Waals surface area contributed by atoms with Crippen LogP contribution >= 0.6 is 11.8 Å². The molecule has 6 heteroatoms. The van der Waals surface area contributed by atoms with E-state index in [1.165, 1.54) is 32.1 Å². The lowest BCUT2D eigenvalue weighted by molar-refractivity contribution is 0.337. The van der Waals surface area contributed by atoms with Gasteiger partial charge in [-0.3, -0.25) is 0 Å². The normalized spacial score (nSPS) is 19.0. The summed E-state index contributed by atoms with van der Waals surface area (Å²) in [5.41, 5.74) is 0. The first-order chi connectivity index (χ1) is 8.79. The van der Waals surface area contributed by atoms with Gasteiger partial charge in [-0.2, -0.15) is 11.8 Å². The summed E-state index contributed by atoms with van der Waals surface area (Å²) in [5, 5.41) is 15.4. The molecule has 18 heavy (non-hydrogen) atoms. The number of hydrogen-bond acceptors (Lipinski definition) is 5. The Labute approximate surface area is 113 Å². The molecule has 1 aliphatic carbocycles. The molecule has 102 valence electrons. The van der Waals surface area contributed by atoms with Crippen molar-refractivity contribution < 1.29 is 0 Å². The van der Waals surface area contributed by atoms with Crippen molar-refractivity contribution in [2.75, 3.05) is 12.8 Å². The first-order valence-corrected chi connectivity index (χ1v) is 8.03. The lowest BCUT2D eigenvalue weighted by atomic mass is 9.88. The second-order valence-corrected chi connectivity index (χ2v) is 6.26. The topological polar surface area (TPSA) is 55.6 Å². The third-order valence-corrected chi connectivity index (χ3v) is 5.18. The molecule has 1 N–H and O–H groups in total. The number of hydrogen-bond donors (Lipinski definition) is 1. The molecule has 0 radical (unpaired) electrons. The third-order valence-electron chi connectivity index (χ3n) is 3.77. The summed E-state index contributed by atoms with van der Waals surface area (Å²) < 4.78 is 2.33. The van der Waals surface area contributed by atoms with E-state index in [-0.39, 0.29) is 0 Å². The predicted octanol–water partition coefficient (Wildman–Crippen LogP) is 1.85. The van der Waals surface area contributed by atoms with Gasteiger partial charge in [-0.25, -0.2) is 4.68 Å². The van der Waals surface area contributed by atoms with Crippen LogP contribution in [0.4, 0.5) is 0 Å². The highest BCUT2D eigenvalue weighted by Crippen LogP contribution is 2.39. The van der Waals surface area contributed by atoms with Crippen molar-refractivity contribution in [3.05, 3.63) is 5.82 Å². The van der Waals surface area contributed by atoms with Gasteiger partial charge in [0.05, 0.1) is 13.1 Å². The maximum absolute atomic E-state index is 4.16. The van der Waals surface area contributed by atoms with E-state index in [4.69, 9.17) is 0 Å². The van der Waals surface area contributed by atoms with Crippen molar-refractivity contribution in [2.45, 2.75) is 56.9 Å². The molecular formula is C12H23N5S. The van der Waals surface area contributed by atoms with Crippen LogP contribution in [0.15, 0.2) is 0 Å². The molecule has 0 saturated heterocycles. The van der Waals surface area contributed by atoms with Gasteiger partial charge in [-0.1, -0.05) is 26.2 Å². The smallest absolute Gasteiger partial charge is 0.165 e. The molecule has 0 unspecified atom stereocenters.